The average Bonchev–Trinajstić information content (AvgIpc) is 3.56. The minimum atomic E-state index is -0.461. The lowest BCUT2D eigenvalue weighted by Gasteiger charge is -2.35. The molecular weight excluding hydrogens is 592 g/mol. The molecule has 47 heavy (non-hydrogen) atoms. The van der Waals surface area contributed by atoms with E-state index in [9.17, 15) is 14.7 Å². The summed E-state index contributed by atoms with van der Waals surface area (Å²) >= 11 is 0. The number of likely N-dealkylation sites (tertiary alicyclic amines) is 1. The fourth-order valence-corrected chi connectivity index (χ4v) is 7.20. The molecule has 0 radical (unpaired) electrons. The highest BCUT2D eigenvalue weighted by Crippen LogP contribution is 2.46. The van der Waals surface area contributed by atoms with E-state index in [-0.39, 0.29) is 25.0 Å². The highest BCUT2D eigenvalue weighted by Gasteiger charge is 2.31. The molecule has 0 spiro atoms. The third-order valence-corrected chi connectivity index (χ3v) is 9.86. The number of ether oxygens (including phenoxy) is 2. The van der Waals surface area contributed by atoms with Crippen LogP contribution in [0.15, 0.2) is 78.9 Å². The van der Waals surface area contributed by atoms with Gasteiger partial charge in [0.1, 0.15) is 19.0 Å². The van der Waals surface area contributed by atoms with E-state index in [0.717, 1.165) is 57.9 Å². The standard InChI is InChI=1S/C38H48N4O5/c43-32-16-17-42(27-32)37(45)26-39-36(44)28-46-24-22-40-18-20-41(21-19-40)23-25-47-33-13-10-31(11-14-33)38-34-9-5-4-8-30(34)12-15-35(38)29-6-2-1-3-7-29/h1-11,13-14,32,35,38,43H,12,15-28H2,(H,39,44). The highest BCUT2D eigenvalue weighted by atomic mass is 16.5. The first kappa shape index (κ1) is 33.2. The number of hydrogen-bond acceptors (Lipinski definition) is 7. The lowest BCUT2D eigenvalue weighted by atomic mass is 9.69. The van der Waals surface area contributed by atoms with Gasteiger partial charge in [-0.3, -0.25) is 19.4 Å². The van der Waals surface area contributed by atoms with Crippen LogP contribution < -0.4 is 10.1 Å². The normalized spacial score (nSPS) is 21.7. The number of nitrogens with zero attached hydrogens (tertiary/aromatic N) is 3. The van der Waals surface area contributed by atoms with Crippen molar-refractivity contribution in [3.05, 3.63) is 101 Å². The average molecular weight is 641 g/mol. The van der Waals surface area contributed by atoms with Crippen LogP contribution in [-0.4, -0.2) is 116 Å². The largest absolute Gasteiger partial charge is 0.492 e. The van der Waals surface area contributed by atoms with Crippen LogP contribution >= 0.6 is 0 Å². The van der Waals surface area contributed by atoms with Crippen molar-refractivity contribution < 1.29 is 24.2 Å². The maximum Gasteiger partial charge on any atom is 0.246 e. The molecule has 3 aromatic rings. The van der Waals surface area contributed by atoms with Crippen molar-refractivity contribution in [2.75, 3.05) is 78.7 Å². The Balaban J connectivity index is 0.880. The smallest absolute Gasteiger partial charge is 0.246 e. The van der Waals surface area contributed by atoms with E-state index in [1.165, 1.54) is 22.3 Å². The van der Waals surface area contributed by atoms with Crippen LogP contribution in [0.1, 0.15) is 46.9 Å². The number of rotatable bonds is 13. The molecule has 2 fully saturated rings. The monoisotopic (exact) mass is 640 g/mol. The number of aryl methyl sites for hydroxylation is 1. The Hall–Kier alpha value is -3.76. The van der Waals surface area contributed by atoms with E-state index in [0.29, 0.717) is 44.6 Å². The fourth-order valence-electron chi connectivity index (χ4n) is 7.20. The summed E-state index contributed by atoms with van der Waals surface area (Å²) in [6.07, 6.45) is 2.39. The first-order chi connectivity index (χ1) is 23.0. The lowest BCUT2D eigenvalue weighted by Crippen LogP contribution is -2.48. The number of β-amino-alcohol motifs (C(OH)–C–C–N with tert-alkyl or cyclic N) is 1. The van der Waals surface area contributed by atoms with E-state index in [4.69, 9.17) is 9.47 Å². The van der Waals surface area contributed by atoms with Crippen LogP contribution in [0.5, 0.6) is 5.75 Å². The predicted octanol–water partition coefficient (Wildman–Crippen LogP) is 3.27. The summed E-state index contributed by atoms with van der Waals surface area (Å²) in [7, 11) is 0. The molecule has 1 aliphatic carbocycles. The molecule has 3 aromatic carbocycles. The van der Waals surface area contributed by atoms with Gasteiger partial charge in [0.2, 0.25) is 11.8 Å². The molecule has 250 valence electrons. The number of fused-ring (bicyclic) bond motifs is 1. The second-order valence-electron chi connectivity index (χ2n) is 12.9. The zero-order chi connectivity index (χ0) is 32.4. The molecule has 6 rings (SSSR count). The summed E-state index contributed by atoms with van der Waals surface area (Å²) in [5.41, 5.74) is 5.66. The number of nitrogens with one attached hydrogen (secondary N) is 1. The van der Waals surface area contributed by atoms with Crippen LogP contribution in [0.25, 0.3) is 0 Å². The molecular formula is C38H48N4O5. The third kappa shape index (κ3) is 8.99. The minimum absolute atomic E-state index is 0.0590. The number of hydrogen-bond donors (Lipinski definition) is 2. The maximum absolute atomic E-state index is 12.1. The number of amides is 2. The molecule has 0 saturated carbocycles. The van der Waals surface area contributed by atoms with Crippen LogP contribution in [-0.2, 0) is 20.7 Å². The molecule has 2 aliphatic heterocycles. The molecule has 3 unspecified atom stereocenters. The van der Waals surface area contributed by atoms with Gasteiger partial charge in [0.05, 0.1) is 19.3 Å². The van der Waals surface area contributed by atoms with Crippen LogP contribution in [0.3, 0.4) is 0 Å². The summed E-state index contributed by atoms with van der Waals surface area (Å²) < 4.78 is 11.7. The van der Waals surface area contributed by atoms with Crippen molar-refractivity contribution in [2.45, 2.75) is 37.2 Å². The van der Waals surface area contributed by atoms with E-state index >= 15 is 0 Å². The van der Waals surface area contributed by atoms with Crippen LogP contribution in [0.4, 0.5) is 0 Å². The van der Waals surface area contributed by atoms with Crippen molar-refractivity contribution in [3.8, 4) is 5.75 Å². The lowest BCUT2D eigenvalue weighted by molar-refractivity contribution is -0.133. The van der Waals surface area contributed by atoms with E-state index in [1.807, 2.05) is 0 Å². The third-order valence-electron chi connectivity index (χ3n) is 9.86. The van der Waals surface area contributed by atoms with Gasteiger partial charge in [0.15, 0.2) is 0 Å². The van der Waals surface area contributed by atoms with E-state index in [2.05, 4.69) is 94.0 Å². The van der Waals surface area contributed by atoms with Gasteiger partial charge >= 0.3 is 0 Å². The summed E-state index contributed by atoms with van der Waals surface area (Å²) in [4.78, 5) is 30.5. The zero-order valence-corrected chi connectivity index (χ0v) is 27.3. The summed E-state index contributed by atoms with van der Waals surface area (Å²) in [5, 5.41) is 12.2. The molecule has 3 atom stereocenters. The van der Waals surface area contributed by atoms with Crippen molar-refractivity contribution in [1.29, 1.82) is 0 Å². The topological polar surface area (TPSA) is 94.6 Å². The Labute approximate surface area is 278 Å². The molecule has 2 heterocycles. The summed E-state index contributed by atoms with van der Waals surface area (Å²) in [5.74, 6) is 1.24. The molecule has 0 bridgehead atoms. The zero-order valence-electron chi connectivity index (χ0n) is 27.3. The number of piperazine rings is 1. The van der Waals surface area contributed by atoms with Crippen molar-refractivity contribution in [1.82, 2.24) is 20.0 Å². The van der Waals surface area contributed by atoms with Crippen molar-refractivity contribution in [3.63, 3.8) is 0 Å². The maximum atomic E-state index is 12.1. The van der Waals surface area contributed by atoms with Gasteiger partial charge < -0.3 is 24.8 Å². The van der Waals surface area contributed by atoms with E-state index in [1.54, 1.807) is 4.90 Å². The number of aliphatic hydroxyl groups excluding tert-OH is 1. The first-order valence-corrected chi connectivity index (χ1v) is 17.1. The fraction of sp³-hybridized carbons (Fsp3) is 0.474. The van der Waals surface area contributed by atoms with Gasteiger partial charge in [-0.05, 0) is 59.6 Å². The van der Waals surface area contributed by atoms with Gasteiger partial charge in [-0.15, -0.1) is 0 Å². The molecule has 2 saturated heterocycles. The van der Waals surface area contributed by atoms with Crippen LogP contribution in [0.2, 0.25) is 0 Å². The summed E-state index contributed by atoms with van der Waals surface area (Å²) in [6, 6.07) is 28.6. The molecule has 2 amide bonds. The highest BCUT2D eigenvalue weighted by molar-refractivity contribution is 5.85. The number of carbonyl (C=O) groups is 2. The van der Waals surface area contributed by atoms with Crippen LogP contribution in [0, 0.1) is 0 Å². The Morgan fingerprint density at radius 1 is 0.787 bits per heavy atom. The van der Waals surface area contributed by atoms with Crippen molar-refractivity contribution >= 4 is 11.8 Å². The number of benzene rings is 3. The number of carbonyl (C=O) groups excluding carboxylic acids is 2. The van der Waals surface area contributed by atoms with Gasteiger partial charge in [0, 0.05) is 58.3 Å². The second kappa shape index (κ2) is 16.4. The molecule has 0 aromatic heterocycles. The molecule has 9 nitrogen and oxygen atoms in total. The Kier molecular flexibility index (Phi) is 11.5. The van der Waals surface area contributed by atoms with Gasteiger partial charge in [-0.25, -0.2) is 0 Å². The Morgan fingerprint density at radius 2 is 1.49 bits per heavy atom. The molecule has 9 heteroatoms. The molecule has 3 aliphatic rings. The Bertz CT molecular complexity index is 1440. The van der Waals surface area contributed by atoms with Gasteiger partial charge in [0.25, 0.3) is 0 Å². The molecule has 2 N–H and O–H groups in total. The van der Waals surface area contributed by atoms with Gasteiger partial charge in [-0.2, -0.15) is 0 Å². The Morgan fingerprint density at radius 3 is 2.21 bits per heavy atom. The predicted molar refractivity (Wildman–Crippen MR) is 182 cm³/mol. The first-order valence-electron chi connectivity index (χ1n) is 17.1. The van der Waals surface area contributed by atoms with E-state index < -0.39 is 6.10 Å². The minimum Gasteiger partial charge on any atom is -0.492 e. The van der Waals surface area contributed by atoms with Crippen molar-refractivity contribution in [2.24, 2.45) is 0 Å². The number of aliphatic hydroxyl groups is 1. The summed E-state index contributed by atoms with van der Waals surface area (Å²) in [6.45, 7) is 7.37. The SMILES string of the molecule is O=C(COCCN1CCN(CCOc2ccc(C3c4ccccc4CCC3c3ccccc3)cc2)CC1)NCC(=O)N1CCC(O)C1. The quantitative estimate of drug-likeness (QED) is 0.277. The second-order valence-corrected chi connectivity index (χ2v) is 12.9. The van der Waals surface area contributed by atoms with Gasteiger partial charge in [-0.1, -0.05) is 66.7 Å².